The Morgan fingerprint density at radius 1 is 1.47 bits per heavy atom. The van der Waals surface area contributed by atoms with Gasteiger partial charge in [-0.15, -0.1) is 0 Å². The lowest BCUT2D eigenvalue weighted by molar-refractivity contribution is 0.0494. The van der Waals surface area contributed by atoms with E-state index in [-0.39, 0.29) is 11.3 Å². The molecule has 1 aromatic carbocycles. The minimum Gasteiger partial charge on any atom is -0.462 e. The van der Waals surface area contributed by atoms with E-state index in [4.69, 9.17) is 10.5 Å². The molecule has 0 aromatic heterocycles. The van der Waals surface area contributed by atoms with Gasteiger partial charge in [-0.1, -0.05) is 0 Å². The molecule has 0 heterocycles. The third kappa shape index (κ3) is 4.40. The summed E-state index contributed by atoms with van der Waals surface area (Å²) in [7, 11) is 3.87. The van der Waals surface area contributed by atoms with Crippen LogP contribution in [0.15, 0.2) is 18.2 Å². The van der Waals surface area contributed by atoms with Crippen LogP contribution >= 0.6 is 0 Å². The number of ether oxygens (including phenoxy) is 1. The molecule has 0 unspecified atom stereocenters. The highest BCUT2D eigenvalue weighted by atomic mass is 19.1. The highest BCUT2D eigenvalue weighted by Gasteiger charge is 2.11. The van der Waals surface area contributed by atoms with Crippen molar-refractivity contribution >= 4 is 11.7 Å². The van der Waals surface area contributed by atoms with Crippen LogP contribution in [0.3, 0.4) is 0 Å². The molecular formula is C12H17FN2O2. The maximum atomic E-state index is 12.9. The van der Waals surface area contributed by atoms with Crippen molar-refractivity contribution in [3.8, 4) is 0 Å². The maximum absolute atomic E-state index is 12.9. The van der Waals surface area contributed by atoms with Gasteiger partial charge in [0, 0.05) is 12.2 Å². The fraction of sp³-hybridized carbons (Fsp3) is 0.417. The van der Waals surface area contributed by atoms with Crippen LogP contribution in [0.2, 0.25) is 0 Å². The van der Waals surface area contributed by atoms with Crippen LogP contribution in [-0.2, 0) is 4.74 Å². The van der Waals surface area contributed by atoms with Crippen LogP contribution in [0.1, 0.15) is 16.8 Å². The second-order valence-corrected chi connectivity index (χ2v) is 4.02. The fourth-order valence-electron chi connectivity index (χ4n) is 1.33. The molecule has 0 aliphatic carbocycles. The van der Waals surface area contributed by atoms with E-state index in [1.807, 2.05) is 19.0 Å². The number of anilines is 1. The average Bonchev–Trinajstić information content (AvgIpc) is 2.27. The summed E-state index contributed by atoms with van der Waals surface area (Å²) in [6, 6.07) is 3.65. The van der Waals surface area contributed by atoms with Gasteiger partial charge in [-0.3, -0.25) is 0 Å². The van der Waals surface area contributed by atoms with Gasteiger partial charge in [-0.2, -0.15) is 0 Å². The summed E-state index contributed by atoms with van der Waals surface area (Å²) in [6.07, 6.45) is 0.730. The molecule has 0 radical (unpaired) electrons. The van der Waals surface area contributed by atoms with Gasteiger partial charge < -0.3 is 15.4 Å². The first-order valence-corrected chi connectivity index (χ1v) is 5.37. The van der Waals surface area contributed by atoms with E-state index in [0.717, 1.165) is 19.0 Å². The van der Waals surface area contributed by atoms with E-state index in [0.29, 0.717) is 6.61 Å². The molecule has 0 bridgehead atoms. The van der Waals surface area contributed by atoms with E-state index >= 15 is 0 Å². The summed E-state index contributed by atoms with van der Waals surface area (Å²) in [6.45, 7) is 1.12. The fourth-order valence-corrected chi connectivity index (χ4v) is 1.33. The van der Waals surface area contributed by atoms with Gasteiger partial charge >= 0.3 is 5.97 Å². The van der Waals surface area contributed by atoms with Gasteiger partial charge in [0.15, 0.2) is 0 Å². The maximum Gasteiger partial charge on any atom is 0.340 e. The van der Waals surface area contributed by atoms with Crippen LogP contribution < -0.4 is 5.73 Å². The number of halogens is 1. The Kier molecular flexibility index (Phi) is 4.90. The number of hydrogen-bond donors (Lipinski definition) is 1. The van der Waals surface area contributed by atoms with Crippen LogP contribution in [0.25, 0.3) is 0 Å². The Labute approximate surface area is 100 Å². The lowest BCUT2D eigenvalue weighted by Gasteiger charge is -2.10. The van der Waals surface area contributed by atoms with Crippen molar-refractivity contribution in [3.63, 3.8) is 0 Å². The summed E-state index contributed by atoms with van der Waals surface area (Å²) in [5, 5.41) is 0. The first-order valence-electron chi connectivity index (χ1n) is 5.37. The third-order valence-corrected chi connectivity index (χ3v) is 2.22. The third-order valence-electron chi connectivity index (χ3n) is 2.22. The number of esters is 1. The van der Waals surface area contributed by atoms with Crippen molar-refractivity contribution < 1.29 is 13.9 Å². The minimum atomic E-state index is -0.583. The summed E-state index contributed by atoms with van der Waals surface area (Å²) in [4.78, 5) is 13.6. The van der Waals surface area contributed by atoms with Crippen molar-refractivity contribution in [1.29, 1.82) is 0 Å². The number of rotatable bonds is 5. The molecule has 1 aromatic rings. The summed E-state index contributed by atoms with van der Waals surface area (Å²) in [5.41, 5.74) is 5.87. The Hall–Kier alpha value is -1.62. The number of benzene rings is 1. The summed E-state index contributed by atoms with van der Waals surface area (Å²) >= 11 is 0. The molecule has 2 N–H and O–H groups in total. The SMILES string of the molecule is CN(C)CCCOC(=O)c1cc(F)ccc1N. The molecule has 0 fully saturated rings. The van der Waals surface area contributed by atoms with E-state index in [2.05, 4.69) is 0 Å². The zero-order valence-corrected chi connectivity index (χ0v) is 10.1. The van der Waals surface area contributed by atoms with Gasteiger partial charge in [0.25, 0.3) is 0 Å². The smallest absolute Gasteiger partial charge is 0.340 e. The topological polar surface area (TPSA) is 55.6 Å². The van der Waals surface area contributed by atoms with Crippen molar-refractivity contribution in [2.45, 2.75) is 6.42 Å². The van der Waals surface area contributed by atoms with E-state index in [1.54, 1.807) is 0 Å². The lowest BCUT2D eigenvalue weighted by atomic mass is 10.2. The zero-order chi connectivity index (χ0) is 12.8. The molecule has 0 saturated heterocycles. The molecule has 0 spiro atoms. The largest absolute Gasteiger partial charge is 0.462 e. The number of nitrogens with two attached hydrogens (primary N) is 1. The summed E-state index contributed by atoms with van der Waals surface area (Å²) < 4.78 is 17.9. The molecule has 0 aliphatic heterocycles. The van der Waals surface area contributed by atoms with Gasteiger partial charge in [0.05, 0.1) is 12.2 Å². The van der Waals surface area contributed by atoms with Gasteiger partial charge in [-0.05, 0) is 38.7 Å². The highest BCUT2D eigenvalue weighted by Crippen LogP contribution is 2.14. The first kappa shape index (κ1) is 13.4. The number of carbonyl (C=O) groups excluding carboxylic acids is 1. The predicted octanol–water partition coefficient (Wildman–Crippen LogP) is 1.52. The quantitative estimate of drug-likeness (QED) is 0.481. The highest BCUT2D eigenvalue weighted by molar-refractivity contribution is 5.95. The monoisotopic (exact) mass is 240 g/mol. The van der Waals surface area contributed by atoms with Gasteiger partial charge in [0.2, 0.25) is 0 Å². The molecule has 17 heavy (non-hydrogen) atoms. The Balaban J connectivity index is 2.49. The summed E-state index contributed by atoms with van der Waals surface area (Å²) in [5.74, 6) is -1.08. The Bertz CT molecular complexity index is 394. The second kappa shape index (κ2) is 6.20. The van der Waals surface area contributed by atoms with Crippen molar-refractivity contribution in [2.24, 2.45) is 0 Å². The molecule has 0 amide bonds. The Morgan fingerprint density at radius 3 is 2.82 bits per heavy atom. The standard InChI is InChI=1S/C12H17FN2O2/c1-15(2)6-3-7-17-12(16)10-8-9(13)4-5-11(10)14/h4-5,8H,3,6-7,14H2,1-2H3. The molecule has 0 aliphatic rings. The number of nitrogens with zero attached hydrogens (tertiary/aromatic N) is 1. The van der Waals surface area contributed by atoms with Crippen LogP contribution in [0.5, 0.6) is 0 Å². The molecule has 0 atom stereocenters. The van der Waals surface area contributed by atoms with E-state index in [1.165, 1.54) is 12.1 Å². The lowest BCUT2D eigenvalue weighted by Crippen LogP contribution is -2.16. The molecule has 4 nitrogen and oxygen atoms in total. The molecule has 5 heteroatoms. The first-order chi connectivity index (χ1) is 8.00. The molecule has 94 valence electrons. The number of carbonyl (C=O) groups is 1. The van der Waals surface area contributed by atoms with Crippen molar-refractivity contribution in [1.82, 2.24) is 4.90 Å². The van der Waals surface area contributed by atoms with Gasteiger partial charge in [0.1, 0.15) is 5.82 Å². The van der Waals surface area contributed by atoms with Crippen molar-refractivity contribution in [2.75, 3.05) is 33.0 Å². The van der Waals surface area contributed by atoms with E-state index in [9.17, 15) is 9.18 Å². The normalized spacial score (nSPS) is 10.6. The van der Waals surface area contributed by atoms with Crippen LogP contribution in [0.4, 0.5) is 10.1 Å². The average molecular weight is 240 g/mol. The number of nitrogen functional groups attached to an aromatic ring is 1. The minimum absolute atomic E-state index is 0.0786. The Morgan fingerprint density at radius 2 is 2.18 bits per heavy atom. The van der Waals surface area contributed by atoms with Crippen LogP contribution in [-0.4, -0.2) is 38.1 Å². The second-order valence-electron chi connectivity index (χ2n) is 4.02. The molecule has 1 rings (SSSR count). The molecule has 0 saturated carbocycles. The number of hydrogen-bond acceptors (Lipinski definition) is 4. The van der Waals surface area contributed by atoms with Crippen LogP contribution in [0, 0.1) is 5.82 Å². The predicted molar refractivity (Wildman–Crippen MR) is 64.3 cm³/mol. The molecular weight excluding hydrogens is 223 g/mol. The van der Waals surface area contributed by atoms with Crippen molar-refractivity contribution in [3.05, 3.63) is 29.6 Å². The zero-order valence-electron chi connectivity index (χ0n) is 10.1. The van der Waals surface area contributed by atoms with Gasteiger partial charge in [-0.25, -0.2) is 9.18 Å². The van der Waals surface area contributed by atoms with E-state index < -0.39 is 11.8 Å².